The number of hydrogen-bond donors (Lipinski definition) is 0. The first-order valence-corrected chi connectivity index (χ1v) is 9.40. The van der Waals surface area contributed by atoms with Gasteiger partial charge in [0.1, 0.15) is 5.75 Å². The van der Waals surface area contributed by atoms with E-state index in [1.807, 2.05) is 36.7 Å². The highest BCUT2D eigenvalue weighted by Gasteiger charge is 2.17. The van der Waals surface area contributed by atoms with Gasteiger partial charge in [-0.2, -0.15) is 0 Å². The lowest BCUT2D eigenvalue weighted by molar-refractivity contribution is 0.211. The molecule has 0 saturated carbocycles. The molecule has 0 bridgehead atoms. The van der Waals surface area contributed by atoms with Crippen LogP contribution in [0.1, 0.15) is 30.0 Å². The minimum atomic E-state index is -0.219. The predicted octanol–water partition coefficient (Wildman–Crippen LogP) is 5.21. The van der Waals surface area contributed by atoms with Crippen LogP contribution in [-0.4, -0.2) is 14.8 Å². The Hall–Kier alpha value is -1.98. The number of aromatic nitrogens is 3. The summed E-state index contributed by atoms with van der Waals surface area (Å²) in [5.41, 5.74) is 2.59. The molecule has 0 radical (unpaired) electrons. The molecule has 6 heteroatoms. The molecule has 0 amide bonds. The fraction of sp³-hybridized carbons (Fsp3) is 0.263. The fourth-order valence-electron chi connectivity index (χ4n) is 2.52. The number of hydrogen-bond acceptors (Lipinski definition) is 4. The Morgan fingerprint density at radius 1 is 1.16 bits per heavy atom. The van der Waals surface area contributed by atoms with Crippen molar-refractivity contribution in [2.75, 3.05) is 0 Å². The van der Waals surface area contributed by atoms with Gasteiger partial charge < -0.3 is 9.30 Å². The van der Waals surface area contributed by atoms with Crippen molar-refractivity contribution in [3.8, 4) is 5.75 Å². The summed E-state index contributed by atoms with van der Waals surface area (Å²) in [7, 11) is 1.97. The zero-order valence-electron chi connectivity index (χ0n) is 14.4. The van der Waals surface area contributed by atoms with Gasteiger partial charge in [0.2, 0.25) is 0 Å². The third-order valence-electron chi connectivity index (χ3n) is 3.96. The molecule has 0 saturated heterocycles. The van der Waals surface area contributed by atoms with Crippen LogP contribution in [0.2, 0.25) is 5.02 Å². The normalized spacial score (nSPS) is 12.2. The molecule has 0 fully saturated rings. The molecule has 0 spiro atoms. The van der Waals surface area contributed by atoms with Crippen LogP contribution in [0, 0.1) is 6.92 Å². The van der Waals surface area contributed by atoms with Gasteiger partial charge >= 0.3 is 0 Å². The monoisotopic (exact) mass is 373 g/mol. The molecule has 3 aromatic rings. The Labute approximate surface area is 157 Å². The molecule has 0 aliphatic heterocycles. The van der Waals surface area contributed by atoms with Crippen LogP contribution in [0.3, 0.4) is 0 Å². The van der Waals surface area contributed by atoms with Crippen LogP contribution >= 0.6 is 23.4 Å². The molecule has 0 aliphatic rings. The summed E-state index contributed by atoms with van der Waals surface area (Å²) >= 11 is 7.68. The van der Waals surface area contributed by atoms with E-state index in [2.05, 4.69) is 41.4 Å². The highest BCUT2D eigenvalue weighted by molar-refractivity contribution is 7.98. The molecule has 4 nitrogen and oxygen atoms in total. The topological polar surface area (TPSA) is 39.9 Å². The fourth-order valence-corrected chi connectivity index (χ4v) is 3.69. The van der Waals surface area contributed by atoms with Crippen LogP contribution in [0.15, 0.2) is 53.7 Å². The lowest BCUT2D eigenvalue weighted by Crippen LogP contribution is -2.10. The van der Waals surface area contributed by atoms with Gasteiger partial charge in [-0.3, -0.25) is 0 Å². The smallest absolute Gasteiger partial charge is 0.191 e. The van der Waals surface area contributed by atoms with Crippen molar-refractivity contribution in [2.24, 2.45) is 7.05 Å². The lowest BCUT2D eigenvalue weighted by Gasteiger charge is -2.14. The maximum absolute atomic E-state index is 6.01. The maximum atomic E-state index is 6.01. The van der Waals surface area contributed by atoms with Crippen molar-refractivity contribution in [1.82, 2.24) is 14.8 Å². The summed E-state index contributed by atoms with van der Waals surface area (Å²) in [6.45, 7) is 4.08. The highest BCUT2D eigenvalue weighted by atomic mass is 35.5. The summed E-state index contributed by atoms with van der Waals surface area (Å²) in [6.07, 6.45) is -0.219. The number of thioether (sulfide) groups is 1. The van der Waals surface area contributed by atoms with Gasteiger partial charge in [0.15, 0.2) is 17.1 Å². The predicted molar refractivity (Wildman–Crippen MR) is 102 cm³/mol. The summed E-state index contributed by atoms with van der Waals surface area (Å²) in [5, 5.41) is 10.1. The number of aryl methyl sites for hydroxylation is 1. The van der Waals surface area contributed by atoms with Crippen LogP contribution in [0.4, 0.5) is 0 Å². The average Bonchev–Trinajstić information content (AvgIpc) is 2.95. The van der Waals surface area contributed by atoms with E-state index in [1.165, 1.54) is 11.1 Å². The first-order valence-electron chi connectivity index (χ1n) is 8.03. The Morgan fingerprint density at radius 2 is 1.96 bits per heavy atom. The summed E-state index contributed by atoms with van der Waals surface area (Å²) in [4.78, 5) is 0. The number of halogens is 1. The minimum absolute atomic E-state index is 0.219. The molecule has 1 atom stereocenters. The Kier molecular flexibility index (Phi) is 5.66. The van der Waals surface area contributed by atoms with E-state index in [4.69, 9.17) is 16.3 Å². The van der Waals surface area contributed by atoms with Gasteiger partial charge in [0.05, 0.1) is 0 Å². The molecule has 0 N–H and O–H groups in total. The summed E-state index contributed by atoms with van der Waals surface area (Å²) in [5.74, 6) is 2.37. The Bertz CT molecular complexity index is 865. The molecule has 0 aliphatic carbocycles. The van der Waals surface area contributed by atoms with Crippen molar-refractivity contribution in [2.45, 2.75) is 30.9 Å². The zero-order chi connectivity index (χ0) is 17.8. The third kappa shape index (κ3) is 4.35. The average molecular weight is 374 g/mol. The van der Waals surface area contributed by atoms with Crippen molar-refractivity contribution < 1.29 is 4.74 Å². The molecule has 2 aromatic carbocycles. The van der Waals surface area contributed by atoms with Crippen molar-refractivity contribution in [3.05, 3.63) is 70.5 Å². The van der Waals surface area contributed by atoms with E-state index < -0.39 is 0 Å². The SMILES string of the molecule is Cc1ccccc1CSc1nnc(C(C)Oc2cccc(Cl)c2)n1C. The van der Waals surface area contributed by atoms with Crippen LogP contribution in [0.25, 0.3) is 0 Å². The number of ether oxygens (including phenoxy) is 1. The van der Waals surface area contributed by atoms with Crippen molar-refractivity contribution in [3.63, 3.8) is 0 Å². The molecule has 25 heavy (non-hydrogen) atoms. The Morgan fingerprint density at radius 3 is 2.72 bits per heavy atom. The largest absolute Gasteiger partial charge is 0.483 e. The van der Waals surface area contributed by atoms with E-state index in [1.54, 1.807) is 17.8 Å². The standard InChI is InChI=1S/C19H20ClN3OS/c1-13-7-4-5-8-15(13)12-25-19-22-21-18(23(19)3)14(2)24-17-10-6-9-16(20)11-17/h4-11,14H,12H2,1-3H3. The molecular weight excluding hydrogens is 354 g/mol. The van der Waals surface area contributed by atoms with Crippen molar-refractivity contribution >= 4 is 23.4 Å². The second-order valence-corrected chi connectivity index (χ2v) is 7.21. The van der Waals surface area contributed by atoms with E-state index in [-0.39, 0.29) is 6.10 Å². The van der Waals surface area contributed by atoms with E-state index >= 15 is 0 Å². The first kappa shape index (κ1) is 17.8. The number of rotatable bonds is 6. The second-order valence-electron chi connectivity index (χ2n) is 5.83. The van der Waals surface area contributed by atoms with E-state index in [9.17, 15) is 0 Å². The maximum Gasteiger partial charge on any atom is 0.191 e. The summed E-state index contributed by atoms with van der Waals surface area (Å²) in [6, 6.07) is 15.7. The minimum Gasteiger partial charge on any atom is -0.483 e. The van der Waals surface area contributed by atoms with E-state index in [0.717, 1.165) is 22.5 Å². The highest BCUT2D eigenvalue weighted by Crippen LogP contribution is 2.27. The molecular formula is C19H20ClN3OS. The van der Waals surface area contributed by atoms with Gasteiger partial charge in [-0.25, -0.2) is 0 Å². The van der Waals surface area contributed by atoms with Crippen LogP contribution in [-0.2, 0) is 12.8 Å². The summed E-state index contributed by atoms with van der Waals surface area (Å²) < 4.78 is 7.92. The first-order chi connectivity index (χ1) is 12.0. The van der Waals surface area contributed by atoms with Crippen LogP contribution in [0.5, 0.6) is 5.75 Å². The zero-order valence-corrected chi connectivity index (χ0v) is 16.0. The van der Waals surface area contributed by atoms with Gasteiger partial charge in [0, 0.05) is 17.8 Å². The lowest BCUT2D eigenvalue weighted by atomic mass is 10.1. The molecule has 130 valence electrons. The molecule has 1 unspecified atom stereocenters. The van der Waals surface area contributed by atoms with Gasteiger partial charge in [-0.1, -0.05) is 53.7 Å². The molecule has 1 heterocycles. The Balaban J connectivity index is 1.69. The van der Waals surface area contributed by atoms with Crippen molar-refractivity contribution in [1.29, 1.82) is 0 Å². The van der Waals surface area contributed by atoms with Gasteiger partial charge in [-0.15, -0.1) is 10.2 Å². The molecule has 3 rings (SSSR count). The second kappa shape index (κ2) is 7.93. The van der Waals surface area contributed by atoms with Crippen LogP contribution < -0.4 is 4.74 Å². The molecule has 1 aromatic heterocycles. The van der Waals surface area contributed by atoms with Gasteiger partial charge in [0.25, 0.3) is 0 Å². The number of nitrogens with zero attached hydrogens (tertiary/aromatic N) is 3. The quantitative estimate of drug-likeness (QED) is 0.556. The number of benzene rings is 2. The van der Waals surface area contributed by atoms with Gasteiger partial charge in [-0.05, 0) is 43.2 Å². The van der Waals surface area contributed by atoms with E-state index in [0.29, 0.717) is 5.02 Å². The third-order valence-corrected chi connectivity index (χ3v) is 5.26.